The number of hydrogen-bond donors (Lipinski definition) is 3. The molecule has 1 aromatic heterocycles. The number of amides is 1. The highest BCUT2D eigenvalue weighted by Crippen LogP contribution is 2.28. The van der Waals surface area contributed by atoms with Gasteiger partial charge in [0.25, 0.3) is 5.91 Å². The number of nitrogens with two attached hydrogens (primary N) is 1. The number of aromatic nitrogens is 1. The minimum Gasteiger partial charge on any atom is -0.396 e. The van der Waals surface area contributed by atoms with Crippen LogP contribution in [0.3, 0.4) is 0 Å². The molecule has 0 radical (unpaired) electrons. The molecule has 112 valence electrons. The van der Waals surface area contributed by atoms with E-state index in [0.29, 0.717) is 24.5 Å². The van der Waals surface area contributed by atoms with Gasteiger partial charge in [-0.1, -0.05) is 11.3 Å². The number of aliphatic hydroxyl groups is 1. The Balaban J connectivity index is 2.04. The summed E-state index contributed by atoms with van der Waals surface area (Å²) >= 11 is 1.29. The molecule has 0 aromatic carbocycles. The molecule has 0 spiro atoms. The maximum absolute atomic E-state index is 12.1. The lowest BCUT2D eigenvalue weighted by atomic mass is 10.2. The van der Waals surface area contributed by atoms with Gasteiger partial charge in [-0.15, -0.1) is 0 Å². The minimum atomic E-state index is -0.236. The zero-order valence-corrected chi connectivity index (χ0v) is 12.3. The van der Waals surface area contributed by atoms with E-state index in [-0.39, 0.29) is 24.4 Å². The predicted molar refractivity (Wildman–Crippen MR) is 78.2 cm³/mol. The number of hydrogen-bond acceptors (Lipinski definition) is 7. The minimum absolute atomic E-state index is 0.0403. The van der Waals surface area contributed by atoms with Crippen LogP contribution in [0, 0.1) is 0 Å². The molecule has 7 nitrogen and oxygen atoms in total. The Morgan fingerprint density at radius 1 is 1.60 bits per heavy atom. The summed E-state index contributed by atoms with van der Waals surface area (Å²) in [5, 5.41) is 12.4. The van der Waals surface area contributed by atoms with Crippen LogP contribution in [0.4, 0.5) is 10.9 Å². The molecular weight excluding hydrogens is 280 g/mol. The lowest BCUT2D eigenvalue weighted by Crippen LogP contribution is -2.36. The summed E-state index contributed by atoms with van der Waals surface area (Å²) in [4.78, 5) is 18.9. The molecule has 1 atom stereocenters. The number of nitrogens with one attached hydrogen (secondary N) is 1. The summed E-state index contributed by atoms with van der Waals surface area (Å²) < 4.78 is 5.29. The van der Waals surface area contributed by atoms with Crippen LogP contribution >= 0.6 is 11.3 Å². The van der Waals surface area contributed by atoms with E-state index >= 15 is 0 Å². The number of carbonyl (C=O) groups is 1. The van der Waals surface area contributed by atoms with Gasteiger partial charge >= 0.3 is 0 Å². The normalized spacial score (nSPS) is 17.0. The Labute approximate surface area is 121 Å². The fourth-order valence-electron chi connectivity index (χ4n) is 1.93. The van der Waals surface area contributed by atoms with Crippen molar-refractivity contribution in [2.75, 3.05) is 43.5 Å². The summed E-state index contributed by atoms with van der Waals surface area (Å²) in [7, 11) is 0. The predicted octanol–water partition coefficient (Wildman–Crippen LogP) is 0.0626. The van der Waals surface area contributed by atoms with E-state index in [0.717, 1.165) is 18.2 Å². The van der Waals surface area contributed by atoms with E-state index in [1.54, 1.807) is 0 Å². The second-order valence-corrected chi connectivity index (χ2v) is 5.67. The Bertz CT molecular complexity index is 460. The third kappa shape index (κ3) is 3.59. The summed E-state index contributed by atoms with van der Waals surface area (Å²) in [6, 6.07) is -0.0964. The van der Waals surface area contributed by atoms with Gasteiger partial charge in [-0.25, -0.2) is 4.98 Å². The Morgan fingerprint density at radius 2 is 2.30 bits per heavy atom. The molecule has 1 saturated heterocycles. The van der Waals surface area contributed by atoms with Crippen LogP contribution in [0.25, 0.3) is 0 Å². The van der Waals surface area contributed by atoms with E-state index in [9.17, 15) is 4.79 Å². The molecule has 2 heterocycles. The van der Waals surface area contributed by atoms with Crippen molar-refractivity contribution in [3.05, 3.63) is 4.88 Å². The van der Waals surface area contributed by atoms with Crippen molar-refractivity contribution in [3.63, 3.8) is 0 Å². The molecule has 1 aliphatic rings. The highest BCUT2D eigenvalue weighted by Gasteiger charge is 2.21. The first-order chi connectivity index (χ1) is 9.61. The second-order valence-electron chi connectivity index (χ2n) is 4.70. The molecule has 0 bridgehead atoms. The lowest BCUT2D eigenvalue weighted by Gasteiger charge is -2.25. The summed E-state index contributed by atoms with van der Waals surface area (Å²) in [5.41, 5.74) is 5.83. The highest BCUT2D eigenvalue weighted by atomic mass is 32.1. The third-order valence-electron chi connectivity index (χ3n) is 3.07. The van der Waals surface area contributed by atoms with Crippen LogP contribution in [-0.2, 0) is 4.74 Å². The fraction of sp³-hybridized carbons (Fsp3) is 0.667. The number of nitrogen functional groups attached to an aromatic ring is 1. The quantitative estimate of drug-likeness (QED) is 0.711. The van der Waals surface area contributed by atoms with Crippen LogP contribution in [0.2, 0.25) is 0 Å². The van der Waals surface area contributed by atoms with Gasteiger partial charge in [-0.2, -0.15) is 0 Å². The SMILES string of the molecule is CC(CCO)NC(=O)c1sc(N2CCOCC2)nc1N. The van der Waals surface area contributed by atoms with Gasteiger partial charge < -0.3 is 25.8 Å². The van der Waals surface area contributed by atoms with Crippen LogP contribution in [0.15, 0.2) is 0 Å². The average Bonchev–Trinajstić information content (AvgIpc) is 2.82. The van der Waals surface area contributed by atoms with Gasteiger partial charge in [0, 0.05) is 25.7 Å². The summed E-state index contributed by atoms with van der Waals surface area (Å²) in [6.45, 7) is 4.72. The Kier molecular flexibility index (Phi) is 5.16. The van der Waals surface area contributed by atoms with E-state index in [1.165, 1.54) is 11.3 Å². The van der Waals surface area contributed by atoms with Crippen LogP contribution in [0.5, 0.6) is 0 Å². The van der Waals surface area contributed by atoms with Crippen LogP contribution < -0.4 is 16.0 Å². The number of anilines is 2. The monoisotopic (exact) mass is 300 g/mol. The molecule has 2 rings (SSSR count). The van der Waals surface area contributed by atoms with E-state index in [1.807, 2.05) is 6.92 Å². The van der Waals surface area contributed by atoms with Crippen molar-refractivity contribution in [1.82, 2.24) is 10.3 Å². The first-order valence-electron chi connectivity index (χ1n) is 6.62. The summed E-state index contributed by atoms with van der Waals surface area (Å²) in [6.07, 6.45) is 0.515. The van der Waals surface area contributed by atoms with Crippen molar-refractivity contribution in [2.45, 2.75) is 19.4 Å². The second kappa shape index (κ2) is 6.87. The molecule has 0 aliphatic carbocycles. The Morgan fingerprint density at radius 3 is 2.95 bits per heavy atom. The number of carbonyl (C=O) groups excluding carboxylic acids is 1. The topological polar surface area (TPSA) is 101 Å². The lowest BCUT2D eigenvalue weighted by molar-refractivity contribution is 0.0939. The number of nitrogens with zero attached hydrogens (tertiary/aromatic N) is 2. The maximum Gasteiger partial charge on any atom is 0.265 e. The van der Waals surface area contributed by atoms with Crippen molar-refractivity contribution in [3.8, 4) is 0 Å². The molecule has 8 heteroatoms. The number of aliphatic hydroxyl groups excluding tert-OH is 1. The maximum atomic E-state index is 12.1. The first-order valence-corrected chi connectivity index (χ1v) is 7.44. The number of morpholine rings is 1. The molecule has 0 saturated carbocycles. The molecular formula is C12H20N4O3S. The molecule has 1 fully saturated rings. The number of ether oxygens (including phenoxy) is 1. The van der Waals surface area contributed by atoms with Gasteiger partial charge in [0.1, 0.15) is 10.7 Å². The van der Waals surface area contributed by atoms with Crippen LogP contribution in [-0.4, -0.2) is 54.9 Å². The number of rotatable bonds is 5. The zero-order chi connectivity index (χ0) is 14.5. The zero-order valence-electron chi connectivity index (χ0n) is 11.5. The standard InChI is InChI=1S/C12H20N4O3S/c1-8(2-5-17)14-11(18)9-10(13)15-12(20-9)16-3-6-19-7-4-16/h8,17H,2-7,13H2,1H3,(H,14,18). The number of thiazole rings is 1. The van der Waals surface area contributed by atoms with E-state index in [4.69, 9.17) is 15.6 Å². The van der Waals surface area contributed by atoms with Crippen LogP contribution in [0.1, 0.15) is 23.0 Å². The molecule has 1 unspecified atom stereocenters. The molecule has 4 N–H and O–H groups in total. The smallest absolute Gasteiger partial charge is 0.265 e. The fourth-order valence-corrected chi connectivity index (χ4v) is 2.87. The Hall–Kier alpha value is -1.38. The molecule has 1 aliphatic heterocycles. The highest BCUT2D eigenvalue weighted by molar-refractivity contribution is 7.18. The van der Waals surface area contributed by atoms with Crippen molar-refractivity contribution >= 4 is 28.2 Å². The summed E-state index contributed by atoms with van der Waals surface area (Å²) in [5.74, 6) is 0.0191. The first kappa shape index (κ1) is 15.0. The van der Waals surface area contributed by atoms with Gasteiger partial charge in [0.05, 0.1) is 13.2 Å². The third-order valence-corrected chi connectivity index (χ3v) is 4.20. The van der Waals surface area contributed by atoms with Crippen molar-refractivity contribution in [1.29, 1.82) is 0 Å². The van der Waals surface area contributed by atoms with E-state index < -0.39 is 0 Å². The van der Waals surface area contributed by atoms with E-state index in [2.05, 4.69) is 15.2 Å². The average molecular weight is 300 g/mol. The van der Waals surface area contributed by atoms with Gasteiger partial charge in [0.15, 0.2) is 5.13 Å². The largest absolute Gasteiger partial charge is 0.396 e. The van der Waals surface area contributed by atoms with Gasteiger partial charge in [0.2, 0.25) is 0 Å². The van der Waals surface area contributed by atoms with Crippen molar-refractivity contribution < 1.29 is 14.6 Å². The van der Waals surface area contributed by atoms with Gasteiger partial charge in [-0.05, 0) is 13.3 Å². The molecule has 1 amide bonds. The molecule has 20 heavy (non-hydrogen) atoms. The molecule has 1 aromatic rings. The van der Waals surface area contributed by atoms with Gasteiger partial charge in [-0.3, -0.25) is 4.79 Å². The van der Waals surface area contributed by atoms with Crippen molar-refractivity contribution in [2.24, 2.45) is 0 Å².